The Morgan fingerprint density at radius 1 is 1.11 bits per heavy atom. The average molecular weight is 559 g/mol. The van der Waals surface area contributed by atoms with E-state index < -0.39 is 40.5 Å². The number of carbonyl (C=O) groups is 3. The molecule has 2 aromatic heterocycles. The van der Waals surface area contributed by atoms with Crippen LogP contribution in [0.2, 0.25) is 5.02 Å². The van der Waals surface area contributed by atoms with E-state index in [9.17, 15) is 27.6 Å². The zero-order valence-electron chi connectivity index (χ0n) is 20.4. The third kappa shape index (κ3) is 8.71. The summed E-state index contributed by atoms with van der Waals surface area (Å²) in [5, 5.41) is 6.85. The highest BCUT2D eigenvalue weighted by Crippen LogP contribution is 2.35. The van der Waals surface area contributed by atoms with Gasteiger partial charge in [-0.05, 0) is 26.3 Å². The molecule has 200 valence electrons. The standard InChI is InChI=1S/C23H26ClF3N6O3S/c1-5-7-28-20(34)16-9-17(31-11-30-16)21(35)32-12(3)13(4)37-18(6-2)22(36)33-19-8-14(23(25,26)27)15(24)10-29-19/h6,8-13H,5,7H2,1-4H3,(H,28,34)(H,32,35)(H,29,33,36)/b18-6-. The monoisotopic (exact) mass is 558 g/mol. The second-order valence-corrected chi connectivity index (χ2v) is 9.61. The van der Waals surface area contributed by atoms with Crippen LogP contribution < -0.4 is 16.0 Å². The normalized spacial score (nSPS) is 13.5. The molecule has 37 heavy (non-hydrogen) atoms. The number of nitrogens with one attached hydrogen (secondary N) is 3. The summed E-state index contributed by atoms with van der Waals surface area (Å²) in [5.41, 5.74) is -1.06. The molecule has 3 amide bonds. The molecule has 0 spiro atoms. The Labute approximate surface area is 221 Å². The van der Waals surface area contributed by atoms with Gasteiger partial charge in [-0.3, -0.25) is 14.4 Å². The van der Waals surface area contributed by atoms with Crippen LogP contribution in [0.4, 0.5) is 19.0 Å². The van der Waals surface area contributed by atoms with Crippen molar-refractivity contribution in [3.8, 4) is 0 Å². The maximum atomic E-state index is 13.1. The molecule has 0 bridgehead atoms. The first kappa shape index (κ1) is 30.0. The topological polar surface area (TPSA) is 126 Å². The molecule has 0 radical (unpaired) electrons. The maximum absolute atomic E-state index is 13.1. The number of nitrogens with zero attached hydrogens (tertiary/aromatic N) is 3. The number of carbonyl (C=O) groups excluding carboxylic acids is 3. The van der Waals surface area contributed by atoms with Gasteiger partial charge in [0.1, 0.15) is 23.5 Å². The number of allylic oxidation sites excluding steroid dienone is 1. The van der Waals surface area contributed by atoms with Gasteiger partial charge in [-0.15, -0.1) is 11.8 Å². The summed E-state index contributed by atoms with van der Waals surface area (Å²) in [5.74, 6) is -1.93. The molecule has 3 N–H and O–H groups in total. The molecule has 2 heterocycles. The lowest BCUT2D eigenvalue weighted by atomic mass is 10.2. The fourth-order valence-corrected chi connectivity index (χ4v) is 3.97. The van der Waals surface area contributed by atoms with E-state index in [4.69, 9.17) is 11.6 Å². The third-order valence-corrected chi connectivity index (χ3v) is 6.69. The van der Waals surface area contributed by atoms with Gasteiger partial charge in [0.15, 0.2) is 0 Å². The molecule has 2 atom stereocenters. The van der Waals surface area contributed by atoms with Crippen LogP contribution in [0.25, 0.3) is 0 Å². The first-order valence-corrected chi connectivity index (χ1v) is 12.4. The van der Waals surface area contributed by atoms with Gasteiger partial charge in [-0.2, -0.15) is 13.2 Å². The maximum Gasteiger partial charge on any atom is 0.418 e. The molecule has 2 unspecified atom stereocenters. The highest BCUT2D eigenvalue weighted by Gasteiger charge is 2.34. The Hall–Kier alpha value is -3.19. The number of hydrogen-bond donors (Lipinski definition) is 3. The third-order valence-electron chi connectivity index (χ3n) is 4.93. The molecule has 0 aliphatic heterocycles. The minimum absolute atomic E-state index is 0.000944. The number of hydrogen-bond acceptors (Lipinski definition) is 7. The Balaban J connectivity index is 2.02. The minimum atomic E-state index is -4.70. The van der Waals surface area contributed by atoms with Crippen molar-refractivity contribution >= 4 is 46.9 Å². The van der Waals surface area contributed by atoms with Crippen LogP contribution in [-0.2, 0) is 11.0 Å². The molecule has 0 fully saturated rings. The van der Waals surface area contributed by atoms with Gasteiger partial charge in [0.25, 0.3) is 17.7 Å². The van der Waals surface area contributed by atoms with E-state index in [2.05, 4.69) is 30.9 Å². The molecule has 0 saturated carbocycles. The zero-order chi connectivity index (χ0) is 27.8. The van der Waals surface area contributed by atoms with Crippen molar-refractivity contribution in [1.82, 2.24) is 25.6 Å². The van der Waals surface area contributed by atoms with E-state index in [0.717, 1.165) is 30.7 Å². The fraction of sp³-hybridized carbons (Fsp3) is 0.391. The molecule has 14 heteroatoms. The lowest BCUT2D eigenvalue weighted by molar-refractivity contribution is -0.137. The molecule has 2 aromatic rings. The van der Waals surface area contributed by atoms with E-state index in [-0.39, 0.29) is 27.4 Å². The average Bonchev–Trinajstić information content (AvgIpc) is 2.85. The Bertz CT molecular complexity index is 1180. The molecule has 0 aliphatic carbocycles. The Morgan fingerprint density at radius 2 is 1.76 bits per heavy atom. The van der Waals surface area contributed by atoms with Crippen molar-refractivity contribution in [2.24, 2.45) is 0 Å². The molecule has 0 aliphatic rings. The van der Waals surface area contributed by atoms with E-state index in [1.54, 1.807) is 20.8 Å². The van der Waals surface area contributed by atoms with Crippen LogP contribution >= 0.6 is 23.4 Å². The highest BCUT2D eigenvalue weighted by molar-refractivity contribution is 8.04. The van der Waals surface area contributed by atoms with Crippen molar-refractivity contribution in [3.63, 3.8) is 0 Å². The van der Waals surface area contributed by atoms with Crippen LogP contribution in [0, 0.1) is 0 Å². The van der Waals surface area contributed by atoms with Gasteiger partial charge in [0.05, 0.1) is 15.5 Å². The SMILES string of the molecule is C/C=C(\SC(C)C(C)NC(=O)c1cc(C(=O)NCCC)ncn1)C(=O)Nc1cc(C(F)(F)F)c(Cl)cn1. The van der Waals surface area contributed by atoms with Crippen molar-refractivity contribution in [2.45, 2.75) is 51.6 Å². The predicted molar refractivity (Wildman–Crippen MR) is 135 cm³/mol. The predicted octanol–water partition coefficient (Wildman–Crippen LogP) is 4.47. The van der Waals surface area contributed by atoms with Gasteiger partial charge >= 0.3 is 6.18 Å². The van der Waals surface area contributed by atoms with Gasteiger partial charge in [-0.25, -0.2) is 15.0 Å². The number of amides is 3. The highest BCUT2D eigenvalue weighted by atomic mass is 35.5. The summed E-state index contributed by atoms with van der Waals surface area (Å²) < 4.78 is 39.3. The number of rotatable bonds is 10. The lowest BCUT2D eigenvalue weighted by Crippen LogP contribution is -2.39. The van der Waals surface area contributed by atoms with Crippen molar-refractivity contribution in [3.05, 3.63) is 57.6 Å². The number of aromatic nitrogens is 3. The van der Waals surface area contributed by atoms with Gasteiger partial charge in [-0.1, -0.05) is 31.5 Å². The van der Waals surface area contributed by atoms with Gasteiger partial charge < -0.3 is 16.0 Å². The Morgan fingerprint density at radius 3 is 2.35 bits per heavy atom. The van der Waals surface area contributed by atoms with Crippen LogP contribution in [0.5, 0.6) is 0 Å². The zero-order valence-corrected chi connectivity index (χ0v) is 22.0. The summed E-state index contributed by atoms with van der Waals surface area (Å²) in [6, 6.07) is 1.48. The second-order valence-electron chi connectivity index (χ2n) is 7.78. The van der Waals surface area contributed by atoms with E-state index in [0.29, 0.717) is 12.6 Å². The summed E-state index contributed by atoms with van der Waals surface area (Å²) in [7, 11) is 0. The molecular weight excluding hydrogens is 533 g/mol. The van der Waals surface area contributed by atoms with Crippen molar-refractivity contribution in [2.75, 3.05) is 11.9 Å². The number of thioether (sulfide) groups is 1. The largest absolute Gasteiger partial charge is 0.418 e. The summed E-state index contributed by atoms with van der Waals surface area (Å²) in [4.78, 5) is 49.2. The van der Waals surface area contributed by atoms with Gasteiger partial charge in [0, 0.05) is 30.1 Å². The number of alkyl halides is 3. The Kier molecular flexibility index (Phi) is 10.9. The number of pyridine rings is 1. The second kappa shape index (κ2) is 13.4. The molecule has 0 saturated heterocycles. The van der Waals surface area contributed by atoms with Crippen LogP contribution in [0.1, 0.15) is 60.7 Å². The number of anilines is 1. The molecule has 9 nitrogen and oxygen atoms in total. The van der Waals surface area contributed by atoms with Crippen LogP contribution in [0.15, 0.2) is 35.6 Å². The molecular formula is C23H26ClF3N6O3S. The van der Waals surface area contributed by atoms with E-state index >= 15 is 0 Å². The number of halogens is 4. The summed E-state index contributed by atoms with van der Waals surface area (Å²) in [6.07, 6.45) is -0.528. The first-order chi connectivity index (χ1) is 17.4. The van der Waals surface area contributed by atoms with E-state index in [1.165, 1.54) is 12.1 Å². The quantitative estimate of drug-likeness (QED) is 0.367. The first-order valence-electron chi connectivity index (χ1n) is 11.2. The fourth-order valence-electron chi connectivity index (χ4n) is 2.79. The van der Waals surface area contributed by atoms with E-state index in [1.807, 2.05) is 6.92 Å². The van der Waals surface area contributed by atoms with Crippen LogP contribution in [0.3, 0.4) is 0 Å². The minimum Gasteiger partial charge on any atom is -0.351 e. The summed E-state index contributed by atoms with van der Waals surface area (Å²) in [6.45, 7) is 7.45. The van der Waals surface area contributed by atoms with Crippen molar-refractivity contribution < 1.29 is 27.6 Å². The van der Waals surface area contributed by atoms with Crippen LogP contribution in [-0.4, -0.2) is 50.5 Å². The smallest absolute Gasteiger partial charge is 0.351 e. The van der Waals surface area contributed by atoms with Gasteiger partial charge in [0.2, 0.25) is 0 Å². The molecule has 2 rings (SSSR count). The van der Waals surface area contributed by atoms with Crippen molar-refractivity contribution in [1.29, 1.82) is 0 Å². The lowest BCUT2D eigenvalue weighted by Gasteiger charge is -2.21. The summed E-state index contributed by atoms with van der Waals surface area (Å²) >= 11 is 6.68. The molecule has 0 aromatic carbocycles.